The zero-order valence-electron chi connectivity index (χ0n) is 16.7. The number of H-pyrrole nitrogens is 1. The van der Waals surface area contributed by atoms with E-state index in [-0.39, 0.29) is 12.5 Å². The van der Waals surface area contributed by atoms with Crippen LogP contribution in [-0.4, -0.2) is 52.3 Å². The van der Waals surface area contributed by atoms with Gasteiger partial charge in [0.2, 0.25) is 5.82 Å². The van der Waals surface area contributed by atoms with Crippen molar-refractivity contribution in [1.82, 2.24) is 9.55 Å². The molecule has 2 aliphatic heterocycles. The van der Waals surface area contributed by atoms with Crippen molar-refractivity contribution in [3.63, 3.8) is 0 Å². The lowest BCUT2D eigenvalue weighted by atomic mass is 10.0. The molecule has 162 valence electrons. The summed E-state index contributed by atoms with van der Waals surface area (Å²) in [6, 6.07) is -0.777. The van der Waals surface area contributed by atoms with Crippen LogP contribution in [0.2, 0.25) is 0 Å². The molecule has 3 rings (SSSR count). The summed E-state index contributed by atoms with van der Waals surface area (Å²) in [6.07, 6.45) is -1.83. The van der Waals surface area contributed by atoms with Crippen LogP contribution < -0.4 is 17.0 Å². The Morgan fingerprint density at radius 3 is 2.69 bits per heavy atom. The summed E-state index contributed by atoms with van der Waals surface area (Å²) < 4.78 is 37.4. The van der Waals surface area contributed by atoms with Crippen molar-refractivity contribution < 1.29 is 28.1 Å². The van der Waals surface area contributed by atoms with E-state index in [1.165, 1.54) is 0 Å². The summed E-state index contributed by atoms with van der Waals surface area (Å²) in [7, 11) is 0. The highest BCUT2D eigenvalue weighted by Gasteiger charge is 2.56. The topological polar surface area (TPSA) is 135 Å². The predicted octanol–water partition coefficient (Wildman–Crippen LogP) is 0.00980. The van der Waals surface area contributed by atoms with Gasteiger partial charge in [0.25, 0.3) is 5.56 Å². The van der Waals surface area contributed by atoms with Gasteiger partial charge in [-0.25, -0.2) is 4.79 Å². The second-order valence-electron chi connectivity index (χ2n) is 7.81. The second-order valence-corrected chi connectivity index (χ2v) is 7.81. The third-order valence-electron chi connectivity index (χ3n) is 5.24. The lowest BCUT2D eigenvalue weighted by molar-refractivity contribution is -0.203. The molecule has 0 saturated carbocycles. The van der Waals surface area contributed by atoms with E-state index in [1.807, 2.05) is 18.8 Å². The molecule has 2 saturated heterocycles. The summed E-state index contributed by atoms with van der Waals surface area (Å²) in [6.45, 7) is 6.94. The Hall–Kier alpha value is -2.08. The van der Waals surface area contributed by atoms with E-state index in [1.54, 1.807) is 13.8 Å². The number of hydrogen-bond donors (Lipinski definition) is 2. The molecular formula is C18H26FN3O7. The number of nitrogens with one attached hydrogen (secondary N) is 1. The first kappa shape index (κ1) is 21.6. The summed E-state index contributed by atoms with van der Waals surface area (Å²) in [5.74, 6) is -2.76. The van der Waals surface area contributed by atoms with Crippen LogP contribution in [0.3, 0.4) is 0 Å². The van der Waals surface area contributed by atoms with E-state index < -0.39 is 59.4 Å². The van der Waals surface area contributed by atoms with E-state index in [2.05, 4.69) is 0 Å². The van der Waals surface area contributed by atoms with Gasteiger partial charge >= 0.3 is 11.7 Å². The number of carbonyl (C=O) groups is 1. The van der Waals surface area contributed by atoms with Gasteiger partial charge < -0.3 is 24.7 Å². The first-order valence-corrected chi connectivity index (χ1v) is 9.48. The summed E-state index contributed by atoms with van der Waals surface area (Å²) >= 11 is 0. The van der Waals surface area contributed by atoms with Crippen molar-refractivity contribution >= 4 is 5.97 Å². The van der Waals surface area contributed by atoms with Crippen LogP contribution in [0, 0.1) is 11.7 Å². The third kappa shape index (κ3) is 4.27. The van der Waals surface area contributed by atoms with Gasteiger partial charge in [0.1, 0.15) is 31.0 Å². The van der Waals surface area contributed by atoms with E-state index in [4.69, 9.17) is 24.7 Å². The van der Waals surface area contributed by atoms with Gasteiger partial charge in [-0.2, -0.15) is 4.39 Å². The highest BCUT2D eigenvalue weighted by Crippen LogP contribution is 2.42. The molecule has 0 aromatic carbocycles. The van der Waals surface area contributed by atoms with Crippen molar-refractivity contribution in [3.05, 3.63) is 32.9 Å². The molecule has 0 aliphatic carbocycles. The molecule has 0 unspecified atom stereocenters. The Labute approximate surface area is 166 Å². The number of fused-ring (bicyclic) bond motifs is 1. The van der Waals surface area contributed by atoms with Crippen LogP contribution in [-0.2, 0) is 23.7 Å². The third-order valence-corrected chi connectivity index (χ3v) is 5.24. The van der Waals surface area contributed by atoms with Gasteiger partial charge in [0.05, 0.1) is 6.20 Å². The Kier molecular flexibility index (Phi) is 5.95. The van der Waals surface area contributed by atoms with Gasteiger partial charge in [-0.3, -0.25) is 19.1 Å². The Morgan fingerprint density at radius 1 is 1.38 bits per heavy atom. The Morgan fingerprint density at radius 2 is 2.03 bits per heavy atom. The molecule has 29 heavy (non-hydrogen) atoms. The normalized spacial score (nSPS) is 30.0. The number of aromatic amines is 1. The molecule has 3 heterocycles. The number of hydrogen-bond acceptors (Lipinski definition) is 8. The molecule has 0 amide bonds. The van der Waals surface area contributed by atoms with Gasteiger partial charge in [0, 0.05) is 0 Å². The first-order valence-electron chi connectivity index (χ1n) is 9.48. The second kappa shape index (κ2) is 7.98. The molecule has 2 aliphatic rings. The molecular weight excluding hydrogens is 389 g/mol. The summed E-state index contributed by atoms with van der Waals surface area (Å²) in [4.78, 5) is 37.5. The van der Waals surface area contributed by atoms with Crippen LogP contribution in [0.15, 0.2) is 15.8 Å². The summed E-state index contributed by atoms with van der Waals surface area (Å²) in [5.41, 5.74) is 3.90. The average Bonchev–Trinajstić information content (AvgIpc) is 3.14. The quantitative estimate of drug-likeness (QED) is 0.621. The molecule has 2 fully saturated rings. The molecule has 11 heteroatoms. The number of halogens is 1. The minimum atomic E-state index is -1.14. The van der Waals surface area contributed by atoms with Crippen molar-refractivity contribution in [3.8, 4) is 0 Å². The van der Waals surface area contributed by atoms with Crippen LogP contribution in [0.25, 0.3) is 0 Å². The lowest BCUT2D eigenvalue weighted by Crippen LogP contribution is -2.41. The van der Waals surface area contributed by atoms with E-state index in [9.17, 15) is 18.8 Å². The molecule has 0 bridgehead atoms. The number of ether oxygens (including phenoxy) is 4. The molecule has 3 N–H and O–H groups in total. The monoisotopic (exact) mass is 415 g/mol. The van der Waals surface area contributed by atoms with Crippen LogP contribution in [0.1, 0.15) is 40.3 Å². The van der Waals surface area contributed by atoms with Gasteiger partial charge in [-0.05, 0) is 19.8 Å². The minimum absolute atomic E-state index is 0.0554. The smallest absolute Gasteiger partial charge is 0.330 e. The van der Waals surface area contributed by atoms with Crippen molar-refractivity contribution in [2.45, 2.75) is 70.5 Å². The molecule has 10 nitrogen and oxygen atoms in total. The van der Waals surface area contributed by atoms with Gasteiger partial charge in [-0.15, -0.1) is 0 Å². The van der Waals surface area contributed by atoms with Crippen LogP contribution in [0.4, 0.5) is 4.39 Å². The average molecular weight is 415 g/mol. The zero-order chi connectivity index (χ0) is 21.5. The number of nitrogens with zero attached hydrogens (tertiary/aromatic N) is 1. The standard InChI is InChI=1S/C18H26FN3O7/c1-5-8(2)11(20)16(24)26-7-10-12-13(29-18(3,4)28-12)15(27-10)22-6-9(19)14(23)21-17(22)25/h6,8,10-13,15H,5,7,20H2,1-4H3,(H,21,23,25)/t8-,10+,11-,12+,13+,15+/m0/s1. The number of nitrogens with two attached hydrogens (primary N) is 1. The molecule has 0 radical (unpaired) electrons. The fourth-order valence-electron chi connectivity index (χ4n) is 3.41. The van der Waals surface area contributed by atoms with Crippen molar-refractivity contribution in [2.24, 2.45) is 11.7 Å². The maximum atomic E-state index is 13.7. The molecule has 1 aromatic rings. The first-order chi connectivity index (χ1) is 13.5. The highest BCUT2D eigenvalue weighted by atomic mass is 19.1. The van der Waals surface area contributed by atoms with E-state index >= 15 is 0 Å². The van der Waals surface area contributed by atoms with Crippen LogP contribution >= 0.6 is 0 Å². The van der Waals surface area contributed by atoms with Crippen molar-refractivity contribution in [2.75, 3.05) is 6.61 Å². The Balaban J connectivity index is 1.80. The Bertz CT molecular complexity index is 883. The molecule has 6 atom stereocenters. The fraction of sp³-hybridized carbons (Fsp3) is 0.722. The largest absolute Gasteiger partial charge is 0.462 e. The van der Waals surface area contributed by atoms with Crippen molar-refractivity contribution in [1.29, 1.82) is 0 Å². The maximum absolute atomic E-state index is 13.7. The minimum Gasteiger partial charge on any atom is -0.462 e. The van der Waals surface area contributed by atoms with Gasteiger partial charge in [-0.1, -0.05) is 20.3 Å². The zero-order valence-corrected chi connectivity index (χ0v) is 16.7. The maximum Gasteiger partial charge on any atom is 0.330 e. The number of carbonyl (C=O) groups excluding carboxylic acids is 1. The lowest BCUT2D eigenvalue weighted by Gasteiger charge is -2.25. The fourth-order valence-corrected chi connectivity index (χ4v) is 3.41. The number of aromatic nitrogens is 2. The van der Waals surface area contributed by atoms with E-state index in [0.29, 0.717) is 0 Å². The number of esters is 1. The number of rotatable bonds is 6. The highest BCUT2D eigenvalue weighted by molar-refractivity contribution is 5.75. The summed E-state index contributed by atoms with van der Waals surface area (Å²) in [5, 5.41) is 0. The molecule has 1 aromatic heterocycles. The van der Waals surface area contributed by atoms with Gasteiger partial charge in [0.15, 0.2) is 12.0 Å². The molecule has 0 spiro atoms. The predicted molar refractivity (Wildman–Crippen MR) is 97.4 cm³/mol. The van der Waals surface area contributed by atoms with Crippen LogP contribution in [0.5, 0.6) is 0 Å². The van der Waals surface area contributed by atoms with E-state index in [0.717, 1.165) is 17.2 Å². The SMILES string of the molecule is CC[C@H](C)[C@H](N)C(=O)OC[C@H]1O[C@@H](n2cc(F)c(=O)[nH]c2=O)[C@@H]2OC(C)(C)O[C@@H]21.